The van der Waals surface area contributed by atoms with E-state index in [-0.39, 0.29) is 17.1 Å². The number of thioether (sulfide) groups is 1. The third kappa shape index (κ3) is 6.46. The van der Waals surface area contributed by atoms with E-state index >= 15 is 0 Å². The first kappa shape index (κ1) is 17.1. The summed E-state index contributed by atoms with van der Waals surface area (Å²) in [6.07, 6.45) is 4.29. The van der Waals surface area contributed by atoms with Crippen LogP contribution in [-0.2, 0) is 9.53 Å². The second kappa shape index (κ2) is 7.16. The van der Waals surface area contributed by atoms with E-state index in [1.54, 1.807) is 0 Å². The minimum atomic E-state index is -0.517. The average Bonchev–Trinajstić information content (AvgIpc) is 3.00. The molecule has 0 bridgehead atoms. The van der Waals surface area contributed by atoms with E-state index in [1.807, 2.05) is 39.8 Å². The van der Waals surface area contributed by atoms with Gasteiger partial charge in [-0.05, 0) is 40.0 Å². The second-order valence-electron chi connectivity index (χ2n) is 6.23. The number of nitrogens with one attached hydrogen (secondary N) is 1. The van der Waals surface area contributed by atoms with Crippen molar-refractivity contribution in [2.24, 2.45) is 11.8 Å². The summed E-state index contributed by atoms with van der Waals surface area (Å²) in [6.45, 7) is 9.45. The summed E-state index contributed by atoms with van der Waals surface area (Å²) < 4.78 is 5.22. The second-order valence-corrected chi connectivity index (χ2v) is 7.25. The third-order valence-electron chi connectivity index (χ3n) is 2.94. The lowest BCUT2D eigenvalue weighted by atomic mass is 10.2. The summed E-state index contributed by atoms with van der Waals surface area (Å²) in [7, 11) is 0. The van der Waals surface area contributed by atoms with E-state index in [0.29, 0.717) is 11.7 Å². The Hall–Kier alpha value is -0.970. The molecule has 0 aromatic rings. The predicted octanol–water partition coefficient (Wildman–Crippen LogP) is 3.37. The van der Waals surface area contributed by atoms with Crippen LogP contribution in [0.4, 0.5) is 4.79 Å². The van der Waals surface area contributed by atoms with Crippen LogP contribution >= 0.6 is 11.8 Å². The molecule has 1 N–H and O–H groups in total. The van der Waals surface area contributed by atoms with Crippen LogP contribution in [0.2, 0.25) is 0 Å². The monoisotopic (exact) mass is 299 g/mol. The molecular weight excluding hydrogens is 274 g/mol. The van der Waals surface area contributed by atoms with Gasteiger partial charge < -0.3 is 10.1 Å². The molecule has 4 nitrogen and oxygen atoms in total. The van der Waals surface area contributed by atoms with Gasteiger partial charge in [-0.2, -0.15) is 0 Å². The molecule has 1 rings (SSSR count). The van der Waals surface area contributed by atoms with Gasteiger partial charge in [0.1, 0.15) is 5.60 Å². The highest BCUT2D eigenvalue weighted by Gasteiger charge is 2.39. The minimum Gasteiger partial charge on any atom is -0.444 e. The Labute approximate surface area is 125 Å². The Morgan fingerprint density at radius 3 is 2.50 bits per heavy atom. The Morgan fingerprint density at radius 2 is 2.05 bits per heavy atom. The molecule has 1 aliphatic rings. The van der Waals surface area contributed by atoms with Crippen LogP contribution < -0.4 is 5.32 Å². The maximum absolute atomic E-state index is 11.8. The summed E-state index contributed by atoms with van der Waals surface area (Å²) in [5.74, 6) is 1.29. The van der Waals surface area contributed by atoms with Crippen molar-refractivity contribution in [3.63, 3.8) is 0 Å². The first-order valence-electron chi connectivity index (χ1n) is 7.02. The largest absolute Gasteiger partial charge is 0.444 e. The quantitative estimate of drug-likeness (QED) is 0.791. The summed E-state index contributed by atoms with van der Waals surface area (Å²) in [5, 5.41) is 3.01. The van der Waals surface area contributed by atoms with E-state index < -0.39 is 11.7 Å². The van der Waals surface area contributed by atoms with E-state index in [4.69, 9.17) is 4.74 Å². The van der Waals surface area contributed by atoms with Crippen LogP contribution in [0.3, 0.4) is 0 Å². The summed E-state index contributed by atoms with van der Waals surface area (Å²) in [4.78, 5) is 23.6. The molecule has 1 amide bonds. The fraction of sp³-hybridized carbons (Fsp3) is 0.733. The maximum atomic E-state index is 11.8. The van der Waals surface area contributed by atoms with Gasteiger partial charge in [-0.15, -0.1) is 0 Å². The molecule has 0 aliphatic heterocycles. The molecule has 0 radical (unpaired) electrons. The van der Waals surface area contributed by atoms with Crippen molar-refractivity contribution in [2.75, 3.05) is 5.75 Å². The molecule has 114 valence electrons. The molecule has 1 aliphatic carbocycles. The Kier molecular flexibility index (Phi) is 6.11. The maximum Gasteiger partial charge on any atom is 0.408 e. The Balaban J connectivity index is 2.40. The fourth-order valence-corrected chi connectivity index (χ4v) is 2.85. The number of alkyl carbamates (subject to hydrolysis) is 1. The van der Waals surface area contributed by atoms with E-state index in [1.165, 1.54) is 11.8 Å². The van der Waals surface area contributed by atoms with Crippen molar-refractivity contribution in [2.45, 2.75) is 52.7 Å². The molecule has 0 aromatic heterocycles. The average molecular weight is 299 g/mol. The molecule has 3 atom stereocenters. The number of allylic oxidation sites excluding steroid dienone is 1. The molecule has 1 saturated carbocycles. The third-order valence-corrected chi connectivity index (χ3v) is 4.06. The molecule has 0 unspecified atom stereocenters. The minimum absolute atomic E-state index is 0.183. The molecule has 20 heavy (non-hydrogen) atoms. The lowest BCUT2D eigenvalue weighted by Crippen LogP contribution is -2.39. The van der Waals surface area contributed by atoms with Gasteiger partial charge in [-0.1, -0.05) is 30.8 Å². The highest BCUT2D eigenvalue weighted by molar-refractivity contribution is 8.13. The first-order chi connectivity index (χ1) is 9.23. The van der Waals surface area contributed by atoms with Crippen molar-refractivity contribution in [1.82, 2.24) is 5.32 Å². The van der Waals surface area contributed by atoms with Gasteiger partial charge in [-0.25, -0.2) is 4.79 Å². The lowest BCUT2D eigenvalue weighted by Gasteiger charge is -2.22. The number of carbonyl (C=O) groups is 2. The molecular formula is C15H25NO3S. The van der Waals surface area contributed by atoms with Crippen LogP contribution in [0, 0.1) is 11.8 Å². The van der Waals surface area contributed by atoms with E-state index in [2.05, 4.69) is 12.2 Å². The smallest absolute Gasteiger partial charge is 0.408 e. The van der Waals surface area contributed by atoms with Gasteiger partial charge in [-0.3, -0.25) is 4.79 Å². The molecule has 0 heterocycles. The van der Waals surface area contributed by atoms with Crippen LogP contribution in [0.1, 0.15) is 41.0 Å². The highest BCUT2D eigenvalue weighted by Crippen LogP contribution is 2.41. The van der Waals surface area contributed by atoms with Gasteiger partial charge in [0.25, 0.3) is 0 Å². The molecule has 5 heteroatoms. The zero-order valence-corrected chi connectivity index (χ0v) is 13.8. The Bertz CT molecular complexity index is 387. The predicted molar refractivity (Wildman–Crippen MR) is 82.7 cm³/mol. The van der Waals surface area contributed by atoms with Crippen molar-refractivity contribution >= 4 is 23.0 Å². The standard InChI is InChI=1S/C15H25NO3S/c1-6-7-11(16-14(18)19-15(3,4)5)9-20-13(17)12-8-10(12)2/h6-7,10-12H,8-9H2,1-5H3,(H,16,18)/b7-6+/t10-,11+,12+/m0/s1. The van der Waals surface area contributed by atoms with E-state index in [0.717, 1.165) is 6.42 Å². The number of hydrogen-bond acceptors (Lipinski definition) is 4. The highest BCUT2D eigenvalue weighted by atomic mass is 32.2. The van der Waals surface area contributed by atoms with Gasteiger partial charge in [0.05, 0.1) is 6.04 Å². The SMILES string of the molecule is C/C=C/[C@H](CSC(=O)[C@@H]1C[C@@H]1C)NC(=O)OC(C)(C)C. The normalized spacial score (nSPS) is 23.4. The van der Waals surface area contributed by atoms with Gasteiger partial charge >= 0.3 is 6.09 Å². The van der Waals surface area contributed by atoms with E-state index in [9.17, 15) is 9.59 Å². The van der Waals surface area contributed by atoms with Crippen LogP contribution in [0.15, 0.2) is 12.2 Å². The molecule has 0 spiro atoms. The zero-order valence-electron chi connectivity index (χ0n) is 12.9. The first-order valence-corrected chi connectivity index (χ1v) is 8.00. The topological polar surface area (TPSA) is 55.4 Å². The van der Waals surface area contributed by atoms with Gasteiger partial charge in [0.15, 0.2) is 5.12 Å². The Morgan fingerprint density at radius 1 is 1.45 bits per heavy atom. The number of carbonyl (C=O) groups excluding carboxylic acids is 2. The van der Waals surface area contributed by atoms with Crippen LogP contribution in [0.5, 0.6) is 0 Å². The van der Waals surface area contributed by atoms with Crippen molar-refractivity contribution < 1.29 is 14.3 Å². The van der Waals surface area contributed by atoms with Crippen molar-refractivity contribution in [3.8, 4) is 0 Å². The zero-order chi connectivity index (χ0) is 15.3. The summed E-state index contributed by atoms with van der Waals surface area (Å²) in [5.41, 5.74) is -0.517. The number of amides is 1. The summed E-state index contributed by atoms with van der Waals surface area (Å²) in [6, 6.07) is -0.183. The molecule has 1 fully saturated rings. The summed E-state index contributed by atoms with van der Waals surface area (Å²) >= 11 is 1.30. The van der Waals surface area contributed by atoms with Crippen molar-refractivity contribution in [1.29, 1.82) is 0 Å². The number of hydrogen-bond donors (Lipinski definition) is 1. The van der Waals surface area contributed by atoms with Gasteiger partial charge in [0, 0.05) is 11.7 Å². The molecule has 0 saturated heterocycles. The van der Waals surface area contributed by atoms with Gasteiger partial charge in [0.2, 0.25) is 0 Å². The van der Waals surface area contributed by atoms with Crippen molar-refractivity contribution in [3.05, 3.63) is 12.2 Å². The molecule has 0 aromatic carbocycles. The lowest BCUT2D eigenvalue weighted by molar-refractivity contribution is -0.112. The number of rotatable bonds is 5. The number of ether oxygens (including phenoxy) is 1. The fourth-order valence-electron chi connectivity index (χ4n) is 1.77. The van der Waals surface area contributed by atoms with Crippen LogP contribution in [-0.4, -0.2) is 28.6 Å². The van der Waals surface area contributed by atoms with Crippen LogP contribution in [0.25, 0.3) is 0 Å².